The number of halogens is 1. The first kappa shape index (κ1) is 14.9. The molecule has 1 nitrogen and oxygen atoms in total. The first-order valence-electron chi connectivity index (χ1n) is 7.07. The van der Waals surface area contributed by atoms with E-state index in [2.05, 4.69) is 38.1 Å². The fourth-order valence-electron chi connectivity index (χ4n) is 2.67. The molecule has 0 fully saturated rings. The molecule has 2 aromatic rings. The summed E-state index contributed by atoms with van der Waals surface area (Å²) in [7, 11) is 0.0402. The number of hydrogen-bond acceptors (Lipinski definition) is 1. The van der Waals surface area contributed by atoms with E-state index in [-0.39, 0.29) is 5.82 Å². The minimum absolute atomic E-state index is 0.201. The molecule has 0 bridgehead atoms. The monoisotopic (exact) mass is 288 g/mol. The SMILES string of the molecule is CC[Si](CC)(OC)c1ccc(-c2ccc(F)cc2)cc1. The van der Waals surface area contributed by atoms with Crippen molar-refractivity contribution in [3.63, 3.8) is 0 Å². The minimum atomic E-state index is -1.79. The van der Waals surface area contributed by atoms with Crippen molar-refractivity contribution in [2.75, 3.05) is 7.11 Å². The third-order valence-corrected chi connectivity index (χ3v) is 8.57. The van der Waals surface area contributed by atoms with Crippen molar-refractivity contribution in [3.8, 4) is 11.1 Å². The molecule has 0 atom stereocenters. The van der Waals surface area contributed by atoms with E-state index in [0.717, 1.165) is 23.2 Å². The maximum atomic E-state index is 12.9. The zero-order valence-corrected chi connectivity index (χ0v) is 13.3. The molecule has 0 aliphatic rings. The fraction of sp³-hybridized carbons (Fsp3) is 0.294. The lowest BCUT2D eigenvalue weighted by Crippen LogP contribution is -2.48. The summed E-state index contributed by atoms with van der Waals surface area (Å²) in [6.07, 6.45) is 0. The molecule has 0 unspecified atom stereocenters. The second-order valence-electron chi connectivity index (χ2n) is 4.99. The van der Waals surface area contributed by atoms with Crippen LogP contribution in [0.15, 0.2) is 48.5 Å². The van der Waals surface area contributed by atoms with E-state index in [1.165, 1.54) is 17.3 Å². The molecule has 0 N–H and O–H groups in total. The van der Waals surface area contributed by atoms with Crippen LogP contribution in [0.1, 0.15) is 13.8 Å². The van der Waals surface area contributed by atoms with Gasteiger partial charge in [0.1, 0.15) is 5.82 Å². The van der Waals surface area contributed by atoms with Gasteiger partial charge >= 0.3 is 0 Å². The van der Waals surface area contributed by atoms with E-state index in [1.54, 1.807) is 0 Å². The summed E-state index contributed by atoms with van der Waals surface area (Å²) in [5.74, 6) is -0.201. The Kier molecular flexibility index (Phi) is 4.73. The third kappa shape index (κ3) is 2.84. The van der Waals surface area contributed by atoms with Gasteiger partial charge in [-0.05, 0) is 40.5 Å². The second kappa shape index (κ2) is 6.33. The average Bonchev–Trinajstić information content (AvgIpc) is 2.51. The molecule has 0 spiro atoms. The molecule has 0 aliphatic heterocycles. The topological polar surface area (TPSA) is 9.23 Å². The Labute approximate surface area is 121 Å². The van der Waals surface area contributed by atoms with Gasteiger partial charge in [-0.3, -0.25) is 0 Å². The van der Waals surface area contributed by atoms with Gasteiger partial charge < -0.3 is 4.43 Å². The molecule has 3 heteroatoms. The van der Waals surface area contributed by atoms with Crippen LogP contribution < -0.4 is 5.19 Å². The van der Waals surface area contributed by atoms with Gasteiger partial charge in [-0.15, -0.1) is 0 Å². The molecule has 2 aromatic carbocycles. The van der Waals surface area contributed by atoms with E-state index >= 15 is 0 Å². The highest BCUT2D eigenvalue weighted by molar-refractivity contribution is 6.86. The van der Waals surface area contributed by atoms with Crippen molar-refractivity contribution in [2.24, 2.45) is 0 Å². The van der Waals surface area contributed by atoms with Crippen LogP contribution in [0.4, 0.5) is 4.39 Å². The van der Waals surface area contributed by atoms with Crippen molar-refractivity contribution in [2.45, 2.75) is 25.9 Å². The van der Waals surface area contributed by atoms with E-state index in [1.807, 2.05) is 19.2 Å². The van der Waals surface area contributed by atoms with E-state index in [0.29, 0.717) is 0 Å². The summed E-state index contributed by atoms with van der Waals surface area (Å²) in [5.41, 5.74) is 2.15. The van der Waals surface area contributed by atoms with Crippen LogP contribution in [0.5, 0.6) is 0 Å². The molecule has 2 rings (SSSR count). The van der Waals surface area contributed by atoms with Gasteiger partial charge in [-0.2, -0.15) is 0 Å². The number of rotatable bonds is 5. The van der Waals surface area contributed by atoms with Crippen LogP contribution >= 0.6 is 0 Å². The summed E-state index contributed by atoms with van der Waals surface area (Å²) >= 11 is 0. The lowest BCUT2D eigenvalue weighted by Gasteiger charge is -2.27. The Morgan fingerprint density at radius 3 is 1.70 bits per heavy atom. The smallest absolute Gasteiger partial charge is 0.223 e. The highest BCUT2D eigenvalue weighted by Gasteiger charge is 2.31. The van der Waals surface area contributed by atoms with Crippen LogP contribution in [0.2, 0.25) is 12.1 Å². The van der Waals surface area contributed by atoms with Gasteiger partial charge in [-0.25, -0.2) is 4.39 Å². The van der Waals surface area contributed by atoms with Crippen molar-refractivity contribution in [3.05, 3.63) is 54.3 Å². The lowest BCUT2D eigenvalue weighted by atomic mass is 10.1. The molecule has 0 heterocycles. The standard InChI is InChI=1S/C17H21FOSi/c1-4-20(5-2,19-3)17-12-8-15(9-13-17)14-6-10-16(18)11-7-14/h6-13H,4-5H2,1-3H3. The summed E-state index contributed by atoms with van der Waals surface area (Å²) in [6, 6.07) is 17.3. The first-order valence-corrected chi connectivity index (χ1v) is 9.39. The fourth-order valence-corrected chi connectivity index (χ4v) is 5.58. The normalized spacial score (nSPS) is 11.6. The molecule has 106 valence electrons. The number of benzene rings is 2. The van der Waals surface area contributed by atoms with Crippen LogP contribution in [-0.2, 0) is 4.43 Å². The molecular weight excluding hydrogens is 267 g/mol. The Morgan fingerprint density at radius 1 is 0.850 bits per heavy atom. The Bertz CT molecular complexity index is 536. The molecule has 0 saturated carbocycles. The predicted octanol–water partition coefficient (Wildman–Crippen LogP) is 4.33. The highest BCUT2D eigenvalue weighted by Crippen LogP contribution is 2.21. The van der Waals surface area contributed by atoms with E-state index in [4.69, 9.17) is 4.43 Å². The summed E-state index contributed by atoms with van der Waals surface area (Å²) in [5, 5.41) is 1.33. The van der Waals surface area contributed by atoms with Gasteiger partial charge in [0.2, 0.25) is 8.32 Å². The molecule has 0 amide bonds. The maximum Gasteiger partial charge on any atom is 0.223 e. The third-order valence-electron chi connectivity index (χ3n) is 4.12. The van der Waals surface area contributed by atoms with Crippen molar-refractivity contribution in [1.29, 1.82) is 0 Å². The molecule has 20 heavy (non-hydrogen) atoms. The quantitative estimate of drug-likeness (QED) is 0.744. The maximum absolute atomic E-state index is 12.9. The molecule has 0 aliphatic carbocycles. The van der Waals surface area contributed by atoms with E-state index < -0.39 is 8.32 Å². The summed E-state index contributed by atoms with van der Waals surface area (Å²) in [4.78, 5) is 0. The van der Waals surface area contributed by atoms with Gasteiger partial charge in [0.05, 0.1) is 0 Å². The molecule has 0 saturated heterocycles. The zero-order chi connectivity index (χ0) is 14.6. The van der Waals surface area contributed by atoms with Gasteiger partial charge in [0.15, 0.2) is 0 Å². The molecule has 0 radical (unpaired) electrons. The summed E-state index contributed by atoms with van der Waals surface area (Å²) in [6.45, 7) is 4.40. The molecule has 0 aromatic heterocycles. The zero-order valence-electron chi connectivity index (χ0n) is 12.3. The Morgan fingerprint density at radius 2 is 1.30 bits per heavy atom. The predicted molar refractivity (Wildman–Crippen MR) is 85.2 cm³/mol. The first-order chi connectivity index (χ1) is 9.65. The van der Waals surface area contributed by atoms with Crippen molar-refractivity contribution in [1.82, 2.24) is 0 Å². The van der Waals surface area contributed by atoms with Crippen molar-refractivity contribution < 1.29 is 8.82 Å². The number of hydrogen-bond donors (Lipinski definition) is 0. The molecular formula is C17H21FOSi. The lowest BCUT2D eigenvalue weighted by molar-refractivity contribution is 0.405. The van der Waals surface area contributed by atoms with Gasteiger partial charge in [-0.1, -0.05) is 50.2 Å². The highest BCUT2D eigenvalue weighted by atomic mass is 28.4. The van der Waals surface area contributed by atoms with Crippen LogP contribution in [0.3, 0.4) is 0 Å². The summed E-state index contributed by atoms with van der Waals surface area (Å²) < 4.78 is 18.8. The van der Waals surface area contributed by atoms with Crippen LogP contribution in [-0.4, -0.2) is 15.4 Å². The van der Waals surface area contributed by atoms with Gasteiger partial charge in [0, 0.05) is 7.11 Å². The minimum Gasteiger partial charge on any atom is -0.416 e. The second-order valence-corrected chi connectivity index (χ2v) is 9.38. The van der Waals surface area contributed by atoms with Gasteiger partial charge in [0.25, 0.3) is 0 Å². The Balaban J connectivity index is 2.32. The van der Waals surface area contributed by atoms with Crippen LogP contribution in [0, 0.1) is 5.82 Å². The van der Waals surface area contributed by atoms with Crippen LogP contribution in [0.25, 0.3) is 11.1 Å². The average molecular weight is 288 g/mol. The van der Waals surface area contributed by atoms with Crippen molar-refractivity contribution >= 4 is 13.5 Å². The largest absolute Gasteiger partial charge is 0.416 e. The Hall–Kier alpha value is -1.45. The van der Waals surface area contributed by atoms with E-state index in [9.17, 15) is 4.39 Å².